The number of methoxy groups -OCH3 is 1. The van der Waals surface area contributed by atoms with E-state index in [2.05, 4.69) is 10.3 Å². The van der Waals surface area contributed by atoms with Crippen LogP contribution in [0.1, 0.15) is 25.3 Å². The number of hydrogen-bond donors (Lipinski definition) is 1. The monoisotopic (exact) mass is 295 g/mol. The third-order valence-electron chi connectivity index (χ3n) is 3.46. The minimum Gasteiger partial charge on any atom is -0.481 e. The standard InChI is InChI=1S/C14H18FN3O3/c1-9(18-5-3-4-13(18)19)14(20)16-8-10-6-11(15)17-12(7-10)21-2/h6-7,9H,3-5,8H2,1-2H3,(H,16,20). The van der Waals surface area contributed by atoms with Gasteiger partial charge < -0.3 is 15.0 Å². The van der Waals surface area contributed by atoms with Gasteiger partial charge in [-0.05, 0) is 25.0 Å². The largest absolute Gasteiger partial charge is 0.481 e. The van der Waals surface area contributed by atoms with Gasteiger partial charge in [-0.3, -0.25) is 9.59 Å². The Kier molecular flexibility index (Phi) is 4.72. The zero-order valence-corrected chi connectivity index (χ0v) is 12.1. The lowest BCUT2D eigenvalue weighted by molar-refractivity contribution is -0.136. The van der Waals surface area contributed by atoms with E-state index >= 15 is 0 Å². The topological polar surface area (TPSA) is 71.5 Å². The van der Waals surface area contributed by atoms with Crippen molar-refractivity contribution in [3.8, 4) is 5.88 Å². The van der Waals surface area contributed by atoms with Crippen LogP contribution in [0, 0.1) is 5.95 Å². The Morgan fingerprint density at radius 2 is 2.33 bits per heavy atom. The fourth-order valence-corrected chi connectivity index (χ4v) is 2.29. The molecule has 1 aromatic heterocycles. The number of rotatable bonds is 5. The van der Waals surface area contributed by atoms with Gasteiger partial charge in [-0.2, -0.15) is 9.37 Å². The van der Waals surface area contributed by atoms with E-state index in [0.29, 0.717) is 18.5 Å². The first-order valence-electron chi connectivity index (χ1n) is 6.79. The van der Waals surface area contributed by atoms with Gasteiger partial charge in [0.25, 0.3) is 0 Å². The van der Waals surface area contributed by atoms with E-state index in [-0.39, 0.29) is 24.2 Å². The highest BCUT2D eigenvalue weighted by atomic mass is 19.1. The fourth-order valence-electron chi connectivity index (χ4n) is 2.29. The van der Waals surface area contributed by atoms with Crippen LogP contribution >= 0.6 is 0 Å². The van der Waals surface area contributed by atoms with Crippen molar-refractivity contribution in [3.05, 3.63) is 23.6 Å². The van der Waals surface area contributed by atoms with Crippen LogP contribution < -0.4 is 10.1 Å². The van der Waals surface area contributed by atoms with E-state index in [9.17, 15) is 14.0 Å². The highest BCUT2D eigenvalue weighted by molar-refractivity contribution is 5.88. The van der Waals surface area contributed by atoms with Gasteiger partial charge in [-0.15, -0.1) is 0 Å². The first kappa shape index (κ1) is 15.2. The smallest absolute Gasteiger partial charge is 0.242 e. The quantitative estimate of drug-likeness (QED) is 0.818. The highest BCUT2D eigenvalue weighted by Crippen LogP contribution is 2.14. The zero-order chi connectivity index (χ0) is 15.4. The van der Waals surface area contributed by atoms with E-state index in [1.165, 1.54) is 13.2 Å². The number of nitrogens with zero attached hydrogens (tertiary/aromatic N) is 2. The first-order chi connectivity index (χ1) is 10.0. The van der Waals surface area contributed by atoms with Gasteiger partial charge in [0, 0.05) is 25.6 Å². The molecule has 1 saturated heterocycles. The molecule has 0 radical (unpaired) electrons. The summed E-state index contributed by atoms with van der Waals surface area (Å²) in [6, 6.07) is 2.26. The fraction of sp³-hybridized carbons (Fsp3) is 0.500. The van der Waals surface area contributed by atoms with Crippen molar-refractivity contribution in [2.75, 3.05) is 13.7 Å². The third-order valence-corrected chi connectivity index (χ3v) is 3.46. The molecule has 1 fully saturated rings. The molecule has 2 heterocycles. The number of pyridine rings is 1. The number of carbonyl (C=O) groups excluding carboxylic acids is 2. The summed E-state index contributed by atoms with van der Waals surface area (Å²) in [7, 11) is 1.39. The molecule has 0 aromatic carbocycles. The number of hydrogen-bond acceptors (Lipinski definition) is 4. The molecule has 0 aliphatic carbocycles. The Bertz CT molecular complexity index is 550. The van der Waals surface area contributed by atoms with Gasteiger partial charge in [0.05, 0.1) is 7.11 Å². The van der Waals surface area contributed by atoms with Crippen LogP contribution in [0.2, 0.25) is 0 Å². The van der Waals surface area contributed by atoms with E-state index in [1.807, 2.05) is 0 Å². The summed E-state index contributed by atoms with van der Waals surface area (Å²) in [5.41, 5.74) is 0.549. The number of amides is 2. The molecular formula is C14H18FN3O3. The van der Waals surface area contributed by atoms with Crippen molar-refractivity contribution in [3.63, 3.8) is 0 Å². The number of carbonyl (C=O) groups is 2. The Morgan fingerprint density at radius 3 is 2.95 bits per heavy atom. The second-order valence-electron chi connectivity index (χ2n) is 4.92. The van der Waals surface area contributed by atoms with Crippen LogP contribution in [0.25, 0.3) is 0 Å². The molecule has 1 aliphatic heterocycles. The minimum absolute atomic E-state index is 0.00530. The lowest BCUT2D eigenvalue weighted by atomic mass is 10.2. The molecule has 114 valence electrons. The summed E-state index contributed by atoms with van der Waals surface area (Å²) < 4.78 is 18.1. The predicted octanol–water partition coefficient (Wildman–Crippen LogP) is 0.856. The summed E-state index contributed by atoms with van der Waals surface area (Å²) >= 11 is 0. The van der Waals surface area contributed by atoms with Crippen LogP contribution in [-0.4, -0.2) is 41.4 Å². The SMILES string of the molecule is COc1cc(CNC(=O)C(C)N2CCCC2=O)cc(F)n1. The Balaban J connectivity index is 1.94. The van der Waals surface area contributed by atoms with Crippen molar-refractivity contribution >= 4 is 11.8 Å². The summed E-state index contributed by atoms with van der Waals surface area (Å²) in [6.07, 6.45) is 1.27. The van der Waals surface area contributed by atoms with Crippen molar-refractivity contribution in [1.29, 1.82) is 0 Å². The third kappa shape index (κ3) is 3.68. The average Bonchev–Trinajstić information content (AvgIpc) is 2.89. The molecule has 21 heavy (non-hydrogen) atoms. The Hall–Kier alpha value is -2.18. The minimum atomic E-state index is -0.665. The lowest BCUT2D eigenvalue weighted by Gasteiger charge is -2.23. The number of aromatic nitrogens is 1. The maximum atomic E-state index is 13.2. The van der Waals surface area contributed by atoms with Gasteiger partial charge in [-0.1, -0.05) is 0 Å². The Morgan fingerprint density at radius 1 is 1.57 bits per heavy atom. The average molecular weight is 295 g/mol. The second kappa shape index (κ2) is 6.51. The predicted molar refractivity (Wildman–Crippen MR) is 73.0 cm³/mol. The molecule has 1 aliphatic rings. The number of likely N-dealkylation sites (tertiary alicyclic amines) is 1. The molecule has 1 atom stereocenters. The molecule has 1 unspecified atom stereocenters. The summed E-state index contributed by atoms with van der Waals surface area (Å²) in [5, 5.41) is 2.69. The zero-order valence-electron chi connectivity index (χ0n) is 12.1. The normalized spacial score (nSPS) is 16.0. The van der Waals surface area contributed by atoms with E-state index in [0.717, 1.165) is 6.42 Å². The van der Waals surface area contributed by atoms with Gasteiger partial charge >= 0.3 is 0 Å². The van der Waals surface area contributed by atoms with Gasteiger partial charge in [0.2, 0.25) is 23.6 Å². The van der Waals surface area contributed by atoms with E-state index < -0.39 is 12.0 Å². The molecular weight excluding hydrogens is 277 g/mol. The maximum Gasteiger partial charge on any atom is 0.242 e. The second-order valence-corrected chi connectivity index (χ2v) is 4.92. The molecule has 6 nitrogen and oxygen atoms in total. The van der Waals surface area contributed by atoms with Crippen LogP contribution in [0.5, 0.6) is 5.88 Å². The number of ether oxygens (including phenoxy) is 1. The molecule has 0 bridgehead atoms. The first-order valence-corrected chi connectivity index (χ1v) is 6.79. The summed E-state index contributed by atoms with van der Waals surface area (Å²) in [6.45, 7) is 2.44. The van der Waals surface area contributed by atoms with Crippen molar-refractivity contribution < 1.29 is 18.7 Å². The molecule has 0 saturated carbocycles. The van der Waals surface area contributed by atoms with E-state index in [1.54, 1.807) is 17.9 Å². The van der Waals surface area contributed by atoms with Crippen molar-refractivity contribution in [2.24, 2.45) is 0 Å². The van der Waals surface area contributed by atoms with Gasteiger partial charge in [0.15, 0.2) is 0 Å². The van der Waals surface area contributed by atoms with Gasteiger partial charge in [0.1, 0.15) is 6.04 Å². The van der Waals surface area contributed by atoms with E-state index in [4.69, 9.17) is 4.74 Å². The Labute approximate surface area is 122 Å². The number of halogens is 1. The number of nitrogens with one attached hydrogen (secondary N) is 1. The molecule has 1 aromatic rings. The maximum absolute atomic E-state index is 13.2. The van der Waals surface area contributed by atoms with Crippen molar-refractivity contribution in [1.82, 2.24) is 15.2 Å². The summed E-state index contributed by atoms with van der Waals surface area (Å²) in [5.74, 6) is -0.779. The van der Waals surface area contributed by atoms with Gasteiger partial charge in [-0.25, -0.2) is 0 Å². The molecule has 1 N–H and O–H groups in total. The van der Waals surface area contributed by atoms with Crippen LogP contribution in [0.15, 0.2) is 12.1 Å². The molecule has 7 heteroatoms. The van der Waals surface area contributed by atoms with Crippen LogP contribution in [0.4, 0.5) is 4.39 Å². The molecule has 2 amide bonds. The van der Waals surface area contributed by atoms with Crippen LogP contribution in [-0.2, 0) is 16.1 Å². The highest BCUT2D eigenvalue weighted by Gasteiger charge is 2.29. The lowest BCUT2D eigenvalue weighted by Crippen LogP contribution is -2.45. The van der Waals surface area contributed by atoms with Crippen LogP contribution in [0.3, 0.4) is 0 Å². The molecule has 0 spiro atoms. The summed E-state index contributed by atoms with van der Waals surface area (Å²) in [4.78, 5) is 28.7. The van der Waals surface area contributed by atoms with Crippen molar-refractivity contribution in [2.45, 2.75) is 32.4 Å². The molecule has 2 rings (SSSR count).